The zero-order chi connectivity index (χ0) is 15.7. The molecule has 20 heavy (non-hydrogen) atoms. The molecule has 0 aliphatic carbocycles. The van der Waals surface area contributed by atoms with E-state index < -0.39 is 5.97 Å². The van der Waals surface area contributed by atoms with Gasteiger partial charge in [0.1, 0.15) is 0 Å². The van der Waals surface area contributed by atoms with Gasteiger partial charge in [0.25, 0.3) is 0 Å². The third-order valence-electron chi connectivity index (χ3n) is 2.55. The minimum Gasteiger partial charge on any atom is -0.468 e. The summed E-state index contributed by atoms with van der Waals surface area (Å²) < 4.78 is 4.53. The van der Waals surface area contributed by atoms with E-state index in [0.717, 1.165) is 0 Å². The van der Waals surface area contributed by atoms with Crippen LogP contribution in [-0.4, -0.2) is 74.0 Å². The predicted octanol–water partition coefficient (Wildman–Crippen LogP) is -0.536. The summed E-state index contributed by atoms with van der Waals surface area (Å²) in [5.74, 6) is -0.787. The van der Waals surface area contributed by atoms with E-state index in [9.17, 15) is 14.4 Å². The van der Waals surface area contributed by atoms with Gasteiger partial charge in [0, 0.05) is 12.6 Å². The van der Waals surface area contributed by atoms with Gasteiger partial charge in [-0.2, -0.15) is 0 Å². The Hall–Kier alpha value is -1.63. The minimum absolute atomic E-state index is 0.0274. The largest absolute Gasteiger partial charge is 0.468 e. The highest BCUT2D eigenvalue weighted by atomic mass is 16.5. The molecular formula is C13H25N3O4. The molecule has 0 spiro atoms. The first-order valence-electron chi connectivity index (χ1n) is 6.62. The van der Waals surface area contributed by atoms with Crippen LogP contribution in [0, 0.1) is 0 Å². The molecule has 2 amide bonds. The number of nitrogens with zero attached hydrogens (tertiary/aromatic N) is 2. The Balaban J connectivity index is 4.33. The Kier molecular flexibility index (Phi) is 8.54. The summed E-state index contributed by atoms with van der Waals surface area (Å²) in [6.45, 7) is 6.10. The fraction of sp³-hybridized carbons (Fsp3) is 0.769. The Morgan fingerprint density at radius 3 is 2.20 bits per heavy atom. The number of likely N-dealkylation sites (N-methyl/N-ethyl adjacent to an activating group) is 2. The van der Waals surface area contributed by atoms with Crippen molar-refractivity contribution in [3.63, 3.8) is 0 Å². The smallest absolute Gasteiger partial charge is 0.319 e. The number of methoxy groups -OCH3 is 1. The number of ether oxygens (including phenoxy) is 1. The summed E-state index contributed by atoms with van der Waals surface area (Å²) in [6.07, 6.45) is 0. The number of esters is 1. The zero-order valence-electron chi connectivity index (χ0n) is 12.9. The van der Waals surface area contributed by atoms with Crippen LogP contribution in [0.25, 0.3) is 0 Å². The molecule has 0 aliphatic rings. The summed E-state index contributed by atoms with van der Waals surface area (Å²) in [5, 5.41) is 2.74. The number of hydrogen-bond donors (Lipinski definition) is 1. The molecule has 0 saturated heterocycles. The van der Waals surface area contributed by atoms with Gasteiger partial charge in [0.15, 0.2) is 0 Å². The van der Waals surface area contributed by atoms with Crippen molar-refractivity contribution in [2.75, 3.05) is 40.3 Å². The van der Waals surface area contributed by atoms with E-state index in [-0.39, 0.29) is 37.5 Å². The third-order valence-corrected chi connectivity index (χ3v) is 2.55. The molecular weight excluding hydrogens is 262 g/mol. The molecule has 0 aromatic carbocycles. The summed E-state index contributed by atoms with van der Waals surface area (Å²) >= 11 is 0. The number of carbonyl (C=O) groups excluding carboxylic acids is 3. The monoisotopic (exact) mass is 287 g/mol. The molecule has 0 atom stereocenters. The third kappa shape index (κ3) is 7.73. The van der Waals surface area contributed by atoms with Gasteiger partial charge in [-0.15, -0.1) is 0 Å². The van der Waals surface area contributed by atoms with E-state index in [4.69, 9.17) is 0 Å². The number of hydrogen-bond acceptors (Lipinski definition) is 5. The normalized spacial score (nSPS) is 10.6. The topological polar surface area (TPSA) is 79.0 Å². The van der Waals surface area contributed by atoms with E-state index in [1.165, 1.54) is 12.0 Å². The highest BCUT2D eigenvalue weighted by molar-refractivity contribution is 5.86. The van der Waals surface area contributed by atoms with Gasteiger partial charge in [-0.05, 0) is 27.8 Å². The lowest BCUT2D eigenvalue weighted by Crippen LogP contribution is -2.46. The van der Waals surface area contributed by atoms with Crippen LogP contribution in [0.4, 0.5) is 0 Å². The molecule has 7 nitrogen and oxygen atoms in total. The molecule has 0 rings (SSSR count). The SMILES string of the molecule is CCN(CC(=O)NC(C)C)C(=O)CN(C)CC(=O)OC. The first-order chi connectivity index (χ1) is 9.29. The average Bonchev–Trinajstić information content (AvgIpc) is 2.34. The van der Waals surface area contributed by atoms with Crippen LogP contribution in [-0.2, 0) is 19.1 Å². The lowest BCUT2D eigenvalue weighted by Gasteiger charge is -2.23. The van der Waals surface area contributed by atoms with Crippen LogP contribution in [0.1, 0.15) is 20.8 Å². The van der Waals surface area contributed by atoms with Crippen molar-refractivity contribution < 1.29 is 19.1 Å². The molecule has 0 aromatic rings. The predicted molar refractivity (Wildman–Crippen MR) is 75.0 cm³/mol. The number of nitrogens with one attached hydrogen (secondary N) is 1. The minimum atomic E-state index is -0.402. The van der Waals surface area contributed by atoms with Crippen LogP contribution < -0.4 is 5.32 Å². The Bertz CT molecular complexity index is 345. The van der Waals surface area contributed by atoms with E-state index in [1.807, 2.05) is 13.8 Å². The Labute approximate surface area is 120 Å². The number of amides is 2. The van der Waals surface area contributed by atoms with Crippen molar-refractivity contribution in [2.45, 2.75) is 26.8 Å². The summed E-state index contributed by atoms with van der Waals surface area (Å²) in [7, 11) is 2.95. The molecule has 0 bridgehead atoms. The van der Waals surface area contributed by atoms with Crippen LogP contribution in [0.5, 0.6) is 0 Å². The molecule has 0 fully saturated rings. The number of rotatable bonds is 8. The maximum Gasteiger partial charge on any atom is 0.319 e. The van der Waals surface area contributed by atoms with Gasteiger partial charge in [-0.3, -0.25) is 19.3 Å². The second kappa shape index (κ2) is 9.30. The van der Waals surface area contributed by atoms with Gasteiger partial charge in [0.2, 0.25) is 11.8 Å². The standard InChI is InChI=1S/C13H25N3O4/c1-6-16(7-11(17)14-10(2)3)12(18)8-15(4)9-13(19)20-5/h10H,6-9H2,1-5H3,(H,14,17). The maximum absolute atomic E-state index is 12.0. The van der Waals surface area contributed by atoms with Crippen molar-refractivity contribution in [1.29, 1.82) is 0 Å². The molecule has 1 N–H and O–H groups in total. The number of carbonyl (C=O) groups is 3. The molecule has 0 saturated carbocycles. The van der Waals surface area contributed by atoms with Crippen molar-refractivity contribution in [2.24, 2.45) is 0 Å². The lowest BCUT2D eigenvalue weighted by molar-refractivity contribution is -0.143. The maximum atomic E-state index is 12.0. The first kappa shape index (κ1) is 18.4. The van der Waals surface area contributed by atoms with Crippen molar-refractivity contribution in [1.82, 2.24) is 15.1 Å². The van der Waals surface area contributed by atoms with Crippen LogP contribution in [0.15, 0.2) is 0 Å². The van der Waals surface area contributed by atoms with Crippen LogP contribution >= 0.6 is 0 Å². The van der Waals surface area contributed by atoms with Gasteiger partial charge < -0.3 is 15.0 Å². The molecule has 0 unspecified atom stereocenters. The highest BCUT2D eigenvalue weighted by Gasteiger charge is 2.18. The van der Waals surface area contributed by atoms with Crippen molar-refractivity contribution >= 4 is 17.8 Å². The second-order valence-corrected chi connectivity index (χ2v) is 4.88. The van der Waals surface area contributed by atoms with E-state index in [2.05, 4.69) is 10.1 Å². The van der Waals surface area contributed by atoms with Gasteiger partial charge in [0.05, 0.1) is 26.7 Å². The van der Waals surface area contributed by atoms with Crippen LogP contribution in [0.3, 0.4) is 0 Å². The first-order valence-corrected chi connectivity index (χ1v) is 6.62. The quantitative estimate of drug-likeness (QED) is 0.607. The molecule has 0 aliphatic heterocycles. The van der Waals surface area contributed by atoms with Gasteiger partial charge in [-0.1, -0.05) is 0 Å². The fourth-order valence-corrected chi connectivity index (χ4v) is 1.59. The second-order valence-electron chi connectivity index (χ2n) is 4.88. The lowest BCUT2D eigenvalue weighted by atomic mass is 10.3. The van der Waals surface area contributed by atoms with Gasteiger partial charge in [-0.25, -0.2) is 0 Å². The Morgan fingerprint density at radius 2 is 1.75 bits per heavy atom. The Morgan fingerprint density at radius 1 is 1.15 bits per heavy atom. The van der Waals surface area contributed by atoms with Crippen molar-refractivity contribution in [3.05, 3.63) is 0 Å². The van der Waals surface area contributed by atoms with Crippen LogP contribution in [0.2, 0.25) is 0 Å². The molecule has 0 aromatic heterocycles. The van der Waals surface area contributed by atoms with Crippen molar-refractivity contribution in [3.8, 4) is 0 Å². The van der Waals surface area contributed by atoms with E-state index in [0.29, 0.717) is 6.54 Å². The summed E-state index contributed by atoms with van der Waals surface area (Å²) in [6, 6.07) is 0.0401. The molecule has 7 heteroatoms. The summed E-state index contributed by atoms with van der Waals surface area (Å²) in [4.78, 5) is 37.8. The molecule has 116 valence electrons. The zero-order valence-corrected chi connectivity index (χ0v) is 12.9. The highest BCUT2D eigenvalue weighted by Crippen LogP contribution is 1.94. The van der Waals surface area contributed by atoms with E-state index in [1.54, 1.807) is 18.9 Å². The summed E-state index contributed by atoms with van der Waals surface area (Å²) in [5.41, 5.74) is 0. The molecule has 0 heterocycles. The average molecular weight is 287 g/mol. The van der Waals surface area contributed by atoms with Gasteiger partial charge >= 0.3 is 5.97 Å². The van der Waals surface area contributed by atoms with E-state index >= 15 is 0 Å². The molecule has 0 radical (unpaired) electrons. The fourth-order valence-electron chi connectivity index (χ4n) is 1.59.